The van der Waals surface area contributed by atoms with Crippen LogP contribution in [0.1, 0.15) is 32.6 Å². The molecule has 1 saturated carbocycles. The van der Waals surface area contributed by atoms with Crippen molar-refractivity contribution in [1.29, 1.82) is 0 Å². The molecule has 7 heteroatoms. The van der Waals surface area contributed by atoms with Gasteiger partial charge in [-0.15, -0.1) is 11.3 Å². The fourth-order valence-corrected chi connectivity index (χ4v) is 3.99. The van der Waals surface area contributed by atoms with Gasteiger partial charge < -0.3 is 10.4 Å². The molecule has 0 radical (unpaired) electrons. The number of thiophene rings is 1. The van der Waals surface area contributed by atoms with Crippen molar-refractivity contribution in [3.8, 4) is 0 Å². The molecule has 2 aromatic heterocycles. The Kier molecular flexibility index (Phi) is 3.97. The molecule has 2 unspecified atom stereocenters. The van der Waals surface area contributed by atoms with E-state index in [-0.39, 0.29) is 12.1 Å². The van der Waals surface area contributed by atoms with Gasteiger partial charge in [-0.05, 0) is 30.2 Å². The molecule has 2 heterocycles. The van der Waals surface area contributed by atoms with E-state index in [2.05, 4.69) is 27.6 Å². The summed E-state index contributed by atoms with van der Waals surface area (Å²) in [6, 6.07) is 2.00. The molecule has 5 N–H and O–H groups in total. The topological polar surface area (TPSA) is 96.1 Å². The maximum Gasteiger partial charge on any atom is 0.240 e. The lowest BCUT2D eigenvalue weighted by Crippen LogP contribution is -2.46. The first-order valence-electron chi connectivity index (χ1n) is 7.27. The molecule has 1 aliphatic carbocycles. The molecule has 0 bridgehead atoms. The van der Waals surface area contributed by atoms with E-state index >= 15 is 0 Å². The van der Waals surface area contributed by atoms with E-state index in [0.717, 1.165) is 35.3 Å². The molecule has 0 aromatic carbocycles. The first-order chi connectivity index (χ1) is 10.2. The fraction of sp³-hybridized carbons (Fsp3) is 0.571. The third kappa shape index (κ3) is 2.81. The minimum Gasteiger partial charge on any atom is -0.394 e. The van der Waals surface area contributed by atoms with E-state index in [9.17, 15) is 5.11 Å². The zero-order valence-corrected chi connectivity index (χ0v) is 12.9. The monoisotopic (exact) mass is 307 g/mol. The van der Waals surface area contributed by atoms with Gasteiger partial charge in [0.1, 0.15) is 10.6 Å². The normalized spacial score (nSPS) is 26.0. The number of rotatable bonds is 4. The van der Waals surface area contributed by atoms with Crippen LogP contribution in [-0.4, -0.2) is 27.2 Å². The van der Waals surface area contributed by atoms with Gasteiger partial charge in [-0.2, -0.15) is 4.98 Å². The Hall–Kier alpha value is -1.44. The van der Waals surface area contributed by atoms with E-state index < -0.39 is 0 Å². The number of hydrogen-bond donors (Lipinski definition) is 4. The predicted octanol–water partition coefficient (Wildman–Crippen LogP) is 2.33. The number of aromatic nitrogens is 2. The molecule has 0 aliphatic heterocycles. The van der Waals surface area contributed by atoms with Crippen molar-refractivity contribution in [1.82, 2.24) is 9.97 Å². The molecule has 2 aromatic rings. The first kappa shape index (κ1) is 14.5. The van der Waals surface area contributed by atoms with Gasteiger partial charge in [0.25, 0.3) is 0 Å². The maximum atomic E-state index is 9.93. The number of aliphatic hydroxyl groups is 1. The summed E-state index contributed by atoms with van der Waals surface area (Å²) in [6.45, 7) is 2.34. The highest BCUT2D eigenvalue weighted by atomic mass is 32.1. The van der Waals surface area contributed by atoms with Gasteiger partial charge in [-0.25, -0.2) is 10.8 Å². The number of nitrogen functional groups attached to an aromatic ring is 1. The Morgan fingerprint density at radius 2 is 2.38 bits per heavy atom. The first-order valence-corrected chi connectivity index (χ1v) is 8.15. The van der Waals surface area contributed by atoms with Gasteiger partial charge in [-0.1, -0.05) is 19.8 Å². The number of aliphatic hydroxyl groups excluding tert-OH is 1. The maximum absolute atomic E-state index is 9.93. The van der Waals surface area contributed by atoms with Crippen LogP contribution >= 0.6 is 11.3 Å². The lowest BCUT2D eigenvalue weighted by Gasteiger charge is -2.40. The quantitative estimate of drug-likeness (QED) is 0.511. The van der Waals surface area contributed by atoms with Gasteiger partial charge in [-0.3, -0.25) is 5.43 Å². The van der Waals surface area contributed by atoms with Crippen molar-refractivity contribution in [2.24, 2.45) is 11.8 Å². The van der Waals surface area contributed by atoms with Crippen molar-refractivity contribution in [2.45, 2.75) is 38.1 Å². The third-order valence-electron chi connectivity index (χ3n) is 4.23. The van der Waals surface area contributed by atoms with Crippen LogP contribution < -0.4 is 16.6 Å². The minimum absolute atomic E-state index is 0.109. The van der Waals surface area contributed by atoms with E-state index in [0.29, 0.717) is 11.9 Å². The molecule has 6 nitrogen and oxygen atoms in total. The lowest BCUT2D eigenvalue weighted by atomic mass is 9.77. The largest absolute Gasteiger partial charge is 0.394 e. The molecule has 114 valence electrons. The van der Waals surface area contributed by atoms with Crippen molar-refractivity contribution in [2.75, 3.05) is 17.3 Å². The van der Waals surface area contributed by atoms with Crippen LogP contribution in [0, 0.1) is 5.92 Å². The number of anilines is 2. The van der Waals surface area contributed by atoms with E-state index in [1.807, 2.05) is 11.4 Å². The molecule has 1 aliphatic rings. The molecule has 3 rings (SSSR count). The predicted molar refractivity (Wildman–Crippen MR) is 86.3 cm³/mol. The van der Waals surface area contributed by atoms with E-state index in [1.54, 1.807) is 11.3 Å². The summed E-state index contributed by atoms with van der Waals surface area (Å²) in [4.78, 5) is 9.67. The van der Waals surface area contributed by atoms with Crippen LogP contribution in [0.5, 0.6) is 0 Å². The van der Waals surface area contributed by atoms with E-state index in [1.165, 1.54) is 6.42 Å². The van der Waals surface area contributed by atoms with Crippen LogP contribution in [-0.2, 0) is 0 Å². The van der Waals surface area contributed by atoms with Crippen LogP contribution in [0.3, 0.4) is 0 Å². The Labute approximate surface area is 127 Å². The molecular weight excluding hydrogens is 286 g/mol. The number of nitrogens with two attached hydrogens (primary N) is 1. The lowest BCUT2D eigenvalue weighted by molar-refractivity contribution is 0.149. The highest BCUT2D eigenvalue weighted by Crippen LogP contribution is 2.36. The second kappa shape index (κ2) is 5.75. The summed E-state index contributed by atoms with van der Waals surface area (Å²) in [5.74, 6) is 7.19. The standard InChI is InChI=1S/C14H21N5OS/c1-9-3-2-5-14(7-9,8-20)18-11-10-4-6-21-12(10)17-13(16-11)19-15/h4,6,9,20H,2-3,5,7-8,15H2,1H3,(H2,16,17,18,19). The fourth-order valence-electron chi connectivity index (χ4n) is 3.22. The average Bonchev–Trinajstić information content (AvgIpc) is 2.95. The molecule has 0 spiro atoms. The van der Waals surface area contributed by atoms with Crippen molar-refractivity contribution >= 4 is 33.3 Å². The third-order valence-corrected chi connectivity index (χ3v) is 5.04. The smallest absolute Gasteiger partial charge is 0.240 e. The molecule has 1 fully saturated rings. The summed E-state index contributed by atoms with van der Waals surface area (Å²) in [7, 11) is 0. The van der Waals surface area contributed by atoms with Gasteiger partial charge in [0.15, 0.2) is 0 Å². The summed E-state index contributed by atoms with van der Waals surface area (Å²) in [6.07, 6.45) is 4.24. The van der Waals surface area contributed by atoms with Crippen LogP contribution in [0.25, 0.3) is 10.2 Å². The SMILES string of the molecule is CC1CCCC(CO)(Nc2nc(NN)nc3sccc23)C1. The Morgan fingerprint density at radius 1 is 1.52 bits per heavy atom. The van der Waals surface area contributed by atoms with E-state index in [4.69, 9.17) is 5.84 Å². The molecule has 0 amide bonds. The number of fused-ring (bicyclic) bond motifs is 1. The van der Waals surface area contributed by atoms with Crippen LogP contribution in [0.2, 0.25) is 0 Å². The summed E-state index contributed by atoms with van der Waals surface area (Å²) < 4.78 is 0. The highest BCUT2D eigenvalue weighted by Gasteiger charge is 2.35. The van der Waals surface area contributed by atoms with Gasteiger partial charge in [0.2, 0.25) is 5.95 Å². The second-order valence-electron chi connectivity index (χ2n) is 5.94. The Morgan fingerprint density at radius 3 is 3.10 bits per heavy atom. The molecule has 21 heavy (non-hydrogen) atoms. The number of nitrogens with one attached hydrogen (secondary N) is 2. The van der Waals surface area contributed by atoms with Crippen molar-refractivity contribution < 1.29 is 5.11 Å². The summed E-state index contributed by atoms with van der Waals surface area (Å²) in [5, 5.41) is 16.4. The highest BCUT2D eigenvalue weighted by molar-refractivity contribution is 7.16. The minimum atomic E-state index is -0.299. The Balaban J connectivity index is 1.97. The zero-order valence-electron chi connectivity index (χ0n) is 12.1. The number of nitrogens with zero attached hydrogens (tertiary/aromatic N) is 2. The summed E-state index contributed by atoms with van der Waals surface area (Å²) in [5.41, 5.74) is 2.21. The van der Waals surface area contributed by atoms with Gasteiger partial charge in [0, 0.05) is 0 Å². The summed E-state index contributed by atoms with van der Waals surface area (Å²) >= 11 is 1.55. The van der Waals surface area contributed by atoms with Crippen molar-refractivity contribution in [3.05, 3.63) is 11.4 Å². The van der Waals surface area contributed by atoms with Crippen molar-refractivity contribution in [3.63, 3.8) is 0 Å². The zero-order chi connectivity index (χ0) is 14.9. The van der Waals surface area contributed by atoms with Gasteiger partial charge >= 0.3 is 0 Å². The molecule has 2 atom stereocenters. The molecule has 0 saturated heterocycles. The Bertz CT molecular complexity index is 631. The van der Waals surface area contributed by atoms with Gasteiger partial charge in [0.05, 0.1) is 17.5 Å². The number of hydrogen-bond acceptors (Lipinski definition) is 7. The number of hydrazine groups is 1. The molecular formula is C14H21N5OS. The van der Waals surface area contributed by atoms with Crippen LogP contribution in [0.4, 0.5) is 11.8 Å². The van der Waals surface area contributed by atoms with Crippen LogP contribution in [0.15, 0.2) is 11.4 Å². The second-order valence-corrected chi connectivity index (χ2v) is 6.84. The average molecular weight is 307 g/mol.